The number of hydrogen-bond donors (Lipinski definition) is 0. The monoisotopic (exact) mass is 245 g/mol. The van der Waals surface area contributed by atoms with Gasteiger partial charge in [0.1, 0.15) is 0 Å². The zero-order valence-corrected chi connectivity index (χ0v) is 7.81. The summed E-state index contributed by atoms with van der Waals surface area (Å²) >= 11 is 6.59. The summed E-state index contributed by atoms with van der Waals surface area (Å²) in [5.41, 5.74) is 1.18. The summed E-state index contributed by atoms with van der Waals surface area (Å²) in [6.45, 7) is 0. The highest BCUT2D eigenvalue weighted by molar-refractivity contribution is 9.23. The van der Waals surface area contributed by atoms with Crippen molar-refractivity contribution in [2.45, 2.75) is 0 Å². The second kappa shape index (κ2) is 3.42. The van der Waals surface area contributed by atoms with Crippen molar-refractivity contribution in [3.8, 4) is 0 Å². The number of halogens is 2. The van der Waals surface area contributed by atoms with Gasteiger partial charge in [-0.1, -0.05) is 33.5 Å². The molecule has 0 amide bonds. The van der Waals surface area contributed by atoms with Crippen molar-refractivity contribution in [3.63, 3.8) is 0 Å². The van der Waals surface area contributed by atoms with E-state index in [9.17, 15) is 0 Å². The molecule has 0 atom stereocenters. The maximum atomic E-state index is 3.35. The Bertz CT molecular complexity index is 183. The van der Waals surface area contributed by atoms with E-state index in [2.05, 4.69) is 31.7 Å². The van der Waals surface area contributed by atoms with Gasteiger partial charge in [-0.25, -0.2) is 0 Å². The Labute approximate surface area is 72.0 Å². The average Bonchev–Trinajstić information content (AvgIpc) is 1.90. The quantitative estimate of drug-likeness (QED) is 0.666. The summed E-state index contributed by atoms with van der Waals surface area (Å²) in [7, 11) is 0. The van der Waals surface area contributed by atoms with Crippen LogP contribution in [0.15, 0.2) is 28.7 Å². The molecule has 45 valence electrons. The molecule has 0 saturated carbocycles. The first kappa shape index (κ1) is 7.35. The van der Waals surface area contributed by atoms with E-state index in [4.69, 9.17) is 0 Å². The van der Waals surface area contributed by atoms with Crippen LogP contribution in [-0.2, 0) is 0 Å². The molecule has 0 N–H and O–H groups in total. The third-order valence-electron chi connectivity index (χ3n) is 0.996. The Morgan fingerprint density at radius 3 is 2.11 bits per heavy atom. The van der Waals surface area contributed by atoms with E-state index in [0.717, 1.165) is 4.47 Å². The summed E-state index contributed by atoms with van der Waals surface area (Å²) in [4.78, 5) is 0. The lowest BCUT2D eigenvalue weighted by Gasteiger charge is -1.91. The summed E-state index contributed by atoms with van der Waals surface area (Å²) in [5.74, 6) is 0. The van der Waals surface area contributed by atoms with Crippen LogP contribution < -0.4 is 5.46 Å². The van der Waals surface area contributed by atoms with Crippen molar-refractivity contribution in [1.29, 1.82) is 0 Å². The van der Waals surface area contributed by atoms with E-state index in [1.165, 1.54) is 5.46 Å². The molecule has 0 aliphatic carbocycles. The fraction of sp³-hybridized carbons (Fsp3) is 0. The third-order valence-corrected chi connectivity index (χ3v) is 2.05. The van der Waals surface area contributed by atoms with Gasteiger partial charge in [-0.05, 0) is 12.1 Å². The first-order chi connectivity index (χ1) is 4.33. The summed E-state index contributed by atoms with van der Waals surface area (Å²) in [6, 6.07) is 8.07. The van der Waals surface area contributed by atoms with E-state index in [1.54, 1.807) is 0 Å². The lowest BCUT2D eigenvalue weighted by Crippen LogP contribution is -2.05. The minimum Gasteiger partial charge on any atom is -0.158 e. The van der Waals surface area contributed by atoms with Crippen LogP contribution in [0, 0.1) is 0 Å². The van der Waals surface area contributed by atoms with Crippen molar-refractivity contribution in [1.82, 2.24) is 0 Å². The van der Waals surface area contributed by atoms with Crippen molar-refractivity contribution in [2.24, 2.45) is 0 Å². The molecular weight excluding hydrogens is 243 g/mol. The van der Waals surface area contributed by atoms with Crippen LogP contribution in [0.5, 0.6) is 0 Å². The molecular formula is C6H4BBr2. The number of benzene rings is 1. The molecule has 0 unspecified atom stereocenters. The Morgan fingerprint density at radius 1 is 1.11 bits per heavy atom. The molecule has 0 saturated heterocycles. The van der Waals surface area contributed by atoms with Gasteiger partial charge in [-0.15, -0.1) is 0 Å². The molecule has 1 rings (SSSR count). The maximum Gasteiger partial charge on any atom is 0.243 e. The Morgan fingerprint density at radius 2 is 1.67 bits per heavy atom. The van der Waals surface area contributed by atoms with E-state index >= 15 is 0 Å². The summed E-state index contributed by atoms with van der Waals surface area (Å²) < 4.78 is 1.11. The summed E-state index contributed by atoms with van der Waals surface area (Å²) in [5, 5.41) is 0. The SMILES string of the molecule is Br[B]c1ccc(Br)cc1. The highest BCUT2D eigenvalue weighted by atomic mass is 79.9. The maximum absolute atomic E-state index is 3.35. The molecule has 0 bridgehead atoms. The second-order valence-corrected chi connectivity index (χ2v) is 3.03. The Hall–Kier alpha value is 0.245. The van der Waals surface area contributed by atoms with E-state index in [0.29, 0.717) is 0 Å². The molecule has 1 aromatic carbocycles. The van der Waals surface area contributed by atoms with Crippen LogP contribution >= 0.6 is 31.7 Å². The smallest absolute Gasteiger partial charge is 0.158 e. The van der Waals surface area contributed by atoms with E-state index in [1.807, 2.05) is 30.4 Å². The van der Waals surface area contributed by atoms with Crippen molar-refractivity contribution >= 4 is 43.3 Å². The highest BCUT2D eigenvalue weighted by Crippen LogP contribution is 2.04. The first-order valence-corrected chi connectivity index (χ1v) is 4.23. The minimum atomic E-state index is 1.11. The molecule has 0 fully saturated rings. The fourth-order valence-corrected chi connectivity index (χ4v) is 1.11. The topological polar surface area (TPSA) is 0 Å². The Kier molecular flexibility index (Phi) is 2.80. The van der Waals surface area contributed by atoms with E-state index < -0.39 is 0 Å². The molecule has 1 aromatic rings. The lowest BCUT2D eigenvalue weighted by molar-refractivity contribution is 1.70. The summed E-state index contributed by atoms with van der Waals surface area (Å²) in [6.07, 6.45) is 1.89. The van der Waals surface area contributed by atoms with Crippen molar-refractivity contribution in [3.05, 3.63) is 28.7 Å². The van der Waals surface area contributed by atoms with Crippen molar-refractivity contribution < 1.29 is 0 Å². The lowest BCUT2D eigenvalue weighted by atomic mass is 9.96. The third kappa shape index (κ3) is 2.14. The highest BCUT2D eigenvalue weighted by Gasteiger charge is 1.89. The van der Waals surface area contributed by atoms with Crippen LogP contribution in [0.3, 0.4) is 0 Å². The predicted octanol–water partition coefficient (Wildman–Crippen LogP) is 2.09. The molecule has 1 radical (unpaired) electrons. The largest absolute Gasteiger partial charge is 0.243 e. The van der Waals surface area contributed by atoms with Gasteiger partial charge < -0.3 is 0 Å². The zero-order chi connectivity index (χ0) is 6.69. The van der Waals surface area contributed by atoms with Gasteiger partial charge in [0.05, 0.1) is 0 Å². The van der Waals surface area contributed by atoms with Crippen LogP contribution in [0.4, 0.5) is 0 Å². The molecule has 0 spiro atoms. The van der Waals surface area contributed by atoms with Crippen LogP contribution in [-0.4, -0.2) is 6.10 Å². The molecule has 3 heteroatoms. The second-order valence-electron chi connectivity index (χ2n) is 1.66. The van der Waals surface area contributed by atoms with Gasteiger partial charge in [0, 0.05) is 4.47 Å². The van der Waals surface area contributed by atoms with Crippen LogP contribution in [0.2, 0.25) is 0 Å². The average molecular weight is 247 g/mol. The number of hydrogen-bond acceptors (Lipinski definition) is 0. The first-order valence-electron chi connectivity index (χ1n) is 2.52. The zero-order valence-electron chi connectivity index (χ0n) is 4.64. The molecule has 0 aliphatic rings. The molecule has 0 heterocycles. The molecule has 0 aliphatic heterocycles. The van der Waals surface area contributed by atoms with Gasteiger partial charge >= 0.3 is 0 Å². The van der Waals surface area contributed by atoms with Crippen molar-refractivity contribution in [2.75, 3.05) is 0 Å². The minimum absolute atomic E-state index is 1.11. The molecule has 0 aromatic heterocycles. The predicted molar refractivity (Wildman–Crippen MR) is 48.5 cm³/mol. The van der Waals surface area contributed by atoms with Gasteiger partial charge in [0.2, 0.25) is 6.10 Å². The molecule has 9 heavy (non-hydrogen) atoms. The Balaban J connectivity index is 2.88. The standard InChI is InChI=1S/C6H4BBr2/c8-6-3-1-5(7-9)2-4-6/h1-4H. The van der Waals surface area contributed by atoms with Gasteiger partial charge in [-0.2, -0.15) is 15.8 Å². The van der Waals surface area contributed by atoms with Gasteiger partial charge in [-0.3, -0.25) is 0 Å². The van der Waals surface area contributed by atoms with Crippen LogP contribution in [0.1, 0.15) is 0 Å². The van der Waals surface area contributed by atoms with E-state index in [-0.39, 0.29) is 0 Å². The molecule has 0 nitrogen and oxygen atoms in total. The van der Waals surface area contributed by atoms with Gasteiger partial charge in [0.15, 0.2) is 0 Å². The normalized spacial score (nSPS) is 9.11. The number of rotatable bonds is 1. The van der Waals surface area contributed by atoms with Crippen LogP contribution in [0.25, 0.3) is 0 Å². The fourth-order valence-electron chi connectivity index (χ4n) is 0.536. The van der Waals surface area contributed by atoms with Gasteiger partial charge in [0.25, 0.3) is 0 Å².